The maximum Gasteiger partial charge on any atom is 0.146 e. The smallest absolute Gasteiger partial charge is 0.146 e. The van der Waals surface area contributed by atoms with Crippen LogP contribution in [0.1, 0.15) is 5.56 Å². The van der Waals surface area contributed by atoms with Gasteiger partial charge in [-0.25, -0.2) is 4.39 Å². The minimum Gasteiger partial charge on any atom is -0.395 e. The van der Waals surface area contributed by atoms with E-state index in [0.717, 1.165) is 5.56 Å². The van der Waals surface area contributed by atoms with Gasteiger partial charge < -0.3 is 10.4 Å². The molecule has 0 heterocycles. The van der Waals surface area contributed by atoms with Crippen molar-refractivity contribution in [2.75, 3.05) is 18.5 Å². The molecule has 0 aliphatic heterocycles. The monoisotopic (exact) mass is 169 g/mol. The first-order valence-corrected chi connectivity index (χ1v) is 3.85. The average molecular weight is 169 g/mol. The number of hydrogen-bond acceptors (Lipinski definition) is 2. The third kappa shape index (κ3) is 2.20. The molecule has 3 heteroatoms. The number of benzene rings is 1. The lowest BCUT2D eigenvalue weighted by Gasteiger charge is -2.05. The number of halogens is 1. The quantitative estimate of drug-likeness (QED) is 0.719. The van der Waals surface area contributed by atoms with Gasteiger partial charge in [-0.2, -0.15) is 0 Å². The Hall–Kier alpha value is -1.09. The van der Waals surface area contributed by atoms with Gasteiger partial charge in [-0.05, 0) is 24.6 Å². The fourth-order valence-corrected chi connectivity index (χ4v) is 0.954. The molecule has 0 unspecified atom stereocenters. The fraction of sp³-hybridized carbons (Fsp3) is 0.333. The van der Waals surface area contributed by atoms with Crippen LogP contribution in [0.5, 0.6) is 0 Å². The third-order valence-corrected chi connectivity index (χ3v) is 1.55. The molecule has 0 fully saturated rings. The minimum absolute atomic E-state index is 0.00726. The normalized spacial score (nSPS) is 9.92. The van der Waals surface area contributed by atoms with E-state index in [1.165, 1.54) is 6.07 Å². The van der Waals surface area contributed by atoms with Crippen LogP contribution in [0, 0.1) is 12.7 Å². The molecule has 0 saturated heterocycles. The highest BCUT2D eigenvalue weighted by Gasteiger charge is 1.99. The summed E-state index contributed by atoms with van der Waals surface area (Å²) in [6.45, 7) is 2.21. The summed E-state index contributed by atoms with van der Waals surface area (Å²) in [5, 5.41) is 11.3. The molecule has 0 aliphatic rings. The molecule has 1 aromatic rings. The first-order valence-electron chi connectivity index (χ1n) is 3.85. The van der Waals surface area contributed by atoms with Gasteiger partial charge in [0.05, 0.1) is 12.3 Å². The molecule has 2 N–H and O–H groups in total. The highest BCUT2D eigenvalue weighted by molar-refractivity contribution is 5.45. The number of rotatable bonds is 3. The zero-order valence-corrected chi connectivity index (χ0v) is 6.97. The van der Waals surface area contributed by atoms with Crippen LogP contribution in [0.3, 0.4) is 0 Å². The highest BCUT2D eigenvalue weighted by atomic mass is 19.1. The van der Waals surface area contributed by atoms with Crippen molar-refractivity contribution in [2.24, 2.45) is 0 Å². The Labute approximate surface area is 71.0 Å². The first-order chi connectivity index (χ1) is 5.74. The molecule has 1 rings (SSSR count). The zero-order valence-electron chi connectivity index (χ0n) is 6.97. The van der Waals surface area contributed by atoms with Crippen LogP contribution >= 0.6 is 0 Å². The van der Waals surface area contributed by atoms with Crippen LogP contribution in [0.4, 0.5) is 10.1 Å². The number of hydrogen-bond donors (Lipinski definition) is 2. The van der Waals surface area contributed by atoms with Gasteiger partial charge in [-0.3, -0.25) is 0 Å². The Morgan fingerprint density at radius 1 is 1.50 bits per heavy atom. The van der Waals surface area contributed by atoms with Crippen LogP contribution in [-0.2, 0) is 0 Å². The third-order valence-electron chi connectivity index (χ3n) is 1.55. The molecule has 1 aromatic carbocycles. The maximum atomic E-state index is 13.0. The summed E-state index contributed by atoms with van der Waals surface area (Å²) >= 11 is 0. The van der Waals surface area contributed by atoms with Gasteiger partial charge >= 0.3 is 0 Å². The summed E-state index contributed by atoms with van der Waals surface area (Å²) in [5.74, 6) is -0.275. The van der Waals surface area contributed by atoms with Crippen molar-refractivity contribution in [3.8, 4) is 0 Å². The van der Waals surface area contributed by atoms with E-state index >= 15 is 0 Å². The Kier molecular flexibility index (Phi) is 3.05. The second kappa shape index (κ2) is 4.07. The van der Waals surface area contributed by atoms with Gasteiger partial charge in [0.1, 0.15) is 5.82 Å². The summed E-state index contributed by atoms with van der Waals surface area (Å²) in [7, 11) is 0. The van der Waals surface area contributed by atoms with E-state index < -0.39 is 0 Å². The van der Waals surface area contributed by atoms with Crippen LogP contribution in [-0.4, -0.2) is 18.3 Å². The molecule has 0 saturated carbocycles. The molecule has 0 spiro atoms. The van der Waals surface area contributed by atoms with Crippen molar-refractivity contribution in [1.29, 1.82) is 0 Å². The van der Waals surface area contributed by atoms with Gasteiger partial charge in [-0.15, -0.1) is 0 Å². The number of aliphatic hydroxyl groups is 1. The molecule has 66 valence electrons. The van der Waals surface area contributed by atoms with Crippen LogP contribution < -0.4 is 5.32 Å². The molecule has 12 heavy (non-hydrogen) atoms. The van der Waals surface area contributed by atoms with E-state index in [-0.39, 0.29) is 12.4 Å². The molecule has 0 atom stereocenters. The van der Waals surface area contributed by atoms with Crippen molar-refractivity contribution in [1.82, 2.24) is 0 Å². The molecular weight excluding hydrogens is 157 g/mol. The minimum atomic E-state index is -0.275. The summed E-state index contributed by atoms with van der Waals surface area (Å²) in [6, 6.07) is 4.95. The number of aliphatic hydroxyl groups excluding tert-OH is 1. The number of anilines is 1. The Morgan fingerprint density at radius 3 is 2.83 bits per heavy atom. The topological polar surface area (TPSA) is 32.3 Å². The molecule has 2 nitrogen and oxygen atoms in total. The summed E-state index contributed by atoms with van der Waals surface area (Å²) < 4.78 is 13.0. The maximum absolute atomic E-state index is 13.0. The zero-order chi connectivity index (χ0) is 8.97. The van der Waals surface area contributed by atoms with Gasteiger partial charge in [0.2, 0.25) is 0 Å². The second-order valence-corrected chi connectivity index (χ2v) is 2.63. The van der Waals surface area contributed by atoms with Crippen LogP contribution in [0.2, 0.25) is 0 Å². The average Bonchev–Trinajstić information content (AvgIpc) is 2.03. The summed E-state index contributed by atoms with van der Waals surface area (Å²) in [6.07, 6.45) is 0. The van der Waals surface area contributed by atoms with Crippen molar-refractivity contribution >= 4 is 5.69 Å². The van der Waals surface area contributed by atoms with Gasteiger partial charge in [0.25, 0.3) is 0 Å². The lowest BCUT2D eigenvalue weighted by Crippen LogP contribution is -2.06. The van der Waals surface area contributed by atoms with Crippen molar-refractivity contribution < 1.29 is 9.50 Å². The van der Waals surface area contributed by atoms with E-state index in [2.05, 4.69) is 5.32 Å². The van der Waals surface area contributed by atoms with Gasteiger partial charge in [0, 0.05) is 6.54 Å². The van der Waals surface area contributed by atoms with Crippen molar-refractivity contribution in [2.45, 2.75) is 6.92 Å². The first kappa shape index (κ1) is 9.00. The molecule has 0 aromatic heterocycles. The summed E-state index contributed by atoms with van der Waals surface area (Å²) in [5.41, 5.74) is 1.33. The molecule has 0 amide bonds. The van der Waals surface area contributed by atoms with Crippen LogP contribution in [0.25, 0.3) is 0 Å². The van der Waals surface area contributed by atoms with Crippen LogP contribution in [0.15, 0.2) is 18.2 Å². The van der Waals surface area contributed by atoms with Crippen molar-refractivity contribution in [3.05, 3.63) is 29.6 Å². The number of aryl methyl sites for hydroxylation is 1. The summed E-state index contributed by atoms with van der Waals surface area (Å²) in [4.78, 5) is 0. The molecule has 0 aliphatic carbocycles. The highest BCUT2D eigenvalue weighted by Crippen LogP contribution is 2.14. The fourth-order valence-electron chi connectivity index (χ4n) is 0.954. The van der Waals surface area contributed by atoms with Crippen molar-refractivity contribution in [3.63, 3.8) is 0 Å². The lowest BCUT2D eigenvalue weighted by atomic mass is 10.2. The van der Waals surface area contributed by atoms with E-state index in [4.69, 9.17) is 5.11 Å². The second-order valence-electron chi connectivity index (χ2n) is 2.63. The Bertz CT molecular complexity index is 263. The Morgan fingerprint density at radius 2 is 2.25 bits per heavy atom. The molecule has 0 radical (unpaired) electrons. The van der Waals surface area contributed by atoms with E-state index in [1.54, 1.807) is 6.07 Å². The standard InChI is InChI=1S/C9H12FNO/c1-7-2-3-9(8(10)6-7)11-4-5-12/h2-3,6,11-12H,4-5H2,1H3. The predicted octanol–water partition coefficient (Wildman–Crippen LogP) is 1.54. The lowest BCUT2D eigenvalue weighted by molar-refractivity contribution is 0.311. The SMILES string of the molecule is Cc1ccc(NCCO)c(F)c1. The van der Waals surface area contributed by atoms with E-state index in [1.807, 2.05) is 13.0 Å². The largest absolute Gasteiger partial charge is 0.395 e. The predicted molar refractivity (Wildman–Crippen MR) is 46.7 cm³/mol. The molecular formula is C9H12FNO. The van der Waals surface area contributed by atoms with Gasteiger partial charge in [0.15, 0.2) is 0 Å². The van der Waals surface area contributed by atoms with Gasteiger partial charge in [-0.1, -0.05) is 6.07 Å². The molecule has 0 bridgehead atoms. The van der Waals surface area contributed by atoms with E-state index in [0.29, 0.717) is 12.2 Å². The van der Waals surface area contributed by atoms with E-state index in [9.17, 15) is 4.39 Å². The Balaban J connectivity index is 2.72. The number of nitrogens with one attached hydrogen (secondary N) is 1.